The summed E-state index contributed by atoms with van der Waals surface area (Å²) in [5, 5.41) is 0. The molecule has 0 spiro atoms. The molecule has 1 fully saturated rings. The van der Waals surface area contributed by atoms with Gasteiger partial charge in [0.1, 0.15) is 0 Å². The lowest BCUT2D eigenvalue weighted by Crippen LogP contribution is -2.23. The minimum absolute atomic E-state index is 0.0773. The van der Waals surface area contributed by atoms with Gasteiger partial charge >= 0.3 is 5.97 Å². The average Bonchev–Trinajstić information content (AvgIpc) is 2.65. The van der Waals surface area contributed by atoms with E-state index in [0.29, 0.717) is 22.8 Å². The summed E-state index contributed by atoms with van der Waals surface area (Å²) in [6.07, 6.45) is 4.93. The molecule has 0 bridgehead atoms. The van der Waals surface area contributed by atoms with Gasteiger partial charge in [-0.3, -0.25) is 9.59 Å². The topological polar surface area (TPSA) is 71.1 Å². The highest BCUT2D eigenvalue weighted by molar-refractivity contribution is 5.99. The van der Waals surface area contributed by atoms with E-state index < -0.39 is 0 Å². The van der Waals surface area contributed by atoms with Gasteiger partial charge in [-0.2, -0.15) is 0 Å². The third kappa shape index (κ3) is 4.19. The third-order valence-corrected chi connectivity index (χ3v) is 4.27. The first kappa shape index (κ1) is 18.1. The standard InChI is InChI=1S/C18H24O6/c1-21-15-9-13(10-16(22-2)17(15)23-3)14(19)11-24-18(20)12-7-5-4-6-8-12/h9-10,12H,4-8,11H2,1-3H3. The third-order valence-electron chi connectivity index (χ3n) is 4.27. The van der Waals surface area contributed by atoms with E-state index >= 15 is 0 Å². The second-order valence-electron chi connectivity index (χ2n) is 5.78. The molecule has 0 atom stereocenters. The summed E-state index contributed by atoms with van der Waals surface area (Å²) in [7, 11) is 4.46. The zero-order chi connectivity index (χ0) is 17.5. The summed E-state index contributed by atoms with van der Waals surface area (Å²) in [4.78, 5) is 24.4. The highest BCUT2D eigenvalue weighted by Crippen LogP contribution is 2.38. The highest BCUT2D eigenvalue weighted by Gasteiger charge is 2.24. The van der Waals surface area contributed by atoms with Crippen LogP contribution in [0.4, 0.5) is 0 Å². The SMILES string of the molecule is COc1cc(C(=O)COC(=O)C2CCCCC2)cc(OC)c1OC. The van der Waals surface area contributed by atoms with Gasteiger partial charge in [0.2, 0.25) is 11.5 Å². The van der Waals surface area contributed by atoms with Crippen molar-refractivity contribution in [1.82, 2.24) is 0 Å². The van der Waals surface area contributed by atoms with Gasteiger partial charge in [0.15, 0.2) is 18.1 Å². The summed E-state index contributed by atoms with van der Waals surface area (Å²) in [5.74, 6) is 0.522. The van der Waals surface area contributed by atoms with Crippen molar-refractivity contribution in [3.8, 4) is 17.2 Å². The van der Waals surface area contributed by atoms with E-state index in [1.165, 1.54) is 21.3 Å². The Morgan fingerprint density at radius 1 is 0.958 bits per heavy atom. The van der Waals surface area contributed by atoms with Crippen molar-refractivity contribution in [2.75, 3.05) is 27.9 Å². The fourth-order valence-corrected chi connectivity index (χ4v) is 2.92. The van der Waals surface area contributed by atoms with Crippen molar-refractivity contribution in [3.05, 3.63) is 17.7 Å². The number of carbonyl (C=O) groups is 2. The monoisotopic (exact) mass is 336 g/mol. The van der Waals surface area contributed by atoms with E-state index in [1.807, 2.05) is 0 Å². The van der Waals surface area contributed by atoms with Crippen LogP contribution in [0.3, 0.4) is 0 Å². The lowest BCUT2D eigenvalue weighted by molar-refractivity contribution is -0.148. The Balaban J connectivity index is 2.05. The normalized spacial score (nSPS) is 14.8. The maximum Gasteiger partial charge on any atom is 0.309 e. The Bertz CT molecular complexity index is 564. The van der Waals surface area contributed by atoms with Crippen LogP contribution in [0, 0.1) is 5.92 Å². The minimum atomic E-state index is -0.307. The largest absolute Gasteiger partial charge is 0.493 e. The molecule has 1 saturated carbocycles. The van der Waals surface area contributed by atoms with E-state index in [2.05, 4.69) is 0 Å². The second kappa shape index (κ2) is 8.57. The number of esters is 1. The first-order chi connectivity index (χ1) is 11.6. The number of ether oxygens (including phenoxy) is 4. The van der Waals surface area contributed by atoms with Gasteiger partial charge in [-0.05, 0) is 25.0 Å². The van der Waals surface area contributed by atoms with Crippen molar-refractivity contribution < 1.29 is 28.5 Å². The summed E-state index contributed by atoms with van der Waals surface area (Å²) in [5.41, 5.74) is 0.348. The van der Waals surface area contributed by atoms with Crippen molar-refractivity contribution in [2.24, 2.45) is 5.92 Å². The zero-order valence-electron chi connectivity index (χ0n) is 14.4. The van der Waals surface area contributed by atoms with E-state index in [9.17, 15) is 9.59 Å². The first-order valence-corrected chi connectivity index (χ1v) is 8.10. The molecule has 2 rings (SSSR count). The number of Topliss-reactive ketones (excluding diaryl/α,β-unsaturated/α-hetero) is 1. The molecule has 6 nitrogen and oxygen atoms in total. The van der Waals surface area contributed by atoms with E-state index in [0.717, 1.165) is 32.1 Å². The molecule has 1 aliphatic rings. The predicted molar refractivity (Wildman–Crippen MR) is 88.0 cm³/mol. The Morgan fingerprint density at radius 3 is 2.04 bits per heavy atom. The summed E-state index contributed by atoms with van der Waals surface area (Å²) in [6.45, 7) is -0.284. The van der Waals surface area contributed by atoms with Crippen LogP contribution >= 0.6 is 0 Å². The first-order valence-electron chi connectivity index (χ1n) is 8.10. The maximum absolute atomic E-state index is 12.3. The summed E-state index contributed by atoms with van der Waals surface area (Å²) < 4.78 is 20.9. The van der Waals surface area contributed by atoms with Gasteiger partial charge in [-0.1, -0.05) is 19.3 Å². The number of benzene rings is 1. The Hall–Kier alpha value is -2.24. The molecule has 6 heteroatoms. The Labute approximate surface area is 142 Å². The molecular weight excluding hydrogens is 312 g/mol. The van der Waals surface area contributed by atoms with E-state index in [4.69, 9.17) is 18.9 Å². The van der Waals surface area contributed by atoms with Gasteiger partial charge in [-0.15, -0.1) is 0 Å². The van der Waals surface area contributed by atoms with Crippen LogP contribution in [0.15, 0.2) is 12.1 Å². The zero-order valence-corrected chi connectivity index (χ0v) is 14.4. The van der Waals surface area contributed by atoms with E-state index in [1.54, 1.807) is 12.1 Å². The van der Waals surface area contributed by atoms with E-state index in [-0.39, 0.29) is 24.3 Å². The molecule has 0 radical (unpaired) electrons. The summed E-state index contributed by atoms with van der Waals surface area (Å²) in [6, 6.07) is 3.11. The van der Waals surface area contributed by atoms with Crippen molar-refractivity contribution in [3.63, 3.8) is 0 Å². The molecule has 0 amide bonds. The number of methoxy groups -OCH3 is 3. The van der Waals surface area contributed by atoms with Crippen LogP contribution in [-0.2, 0) is 9.53 Å². The highest BCUT2D eigenvalue weighted by atomic mass is 16.5. The van der Waals surface area contributed by atoms with Crippen LogP contribution < -0.4 is 14.2 Å². The van der Waals surface area contributed by atoms with Crippen LogP contribution in [0.25, 0.3) is 0 Å². The maximum atomic E-state index is 12.3. The molecule has 24 heavy (non-hydrogen) atoms. The lowest BCUT2D eigenvalue weighted by Gasteiger charge is -2.19. The Morgan fingerprint density at radius 2 is 1.54 bits per heavy atom. The van der Waals surface area contributed by atoms with Crippen LogP contribution in [0.2, 0.25) is 0 Å². The molecule has 1 aliphatic carbocycles. The quantitative estimate of drug-likeness (QED) is 0.563. The lowest BCUT2D eigenvalue weighted by atomic mass is 9.89. The average molecular weight is 336 g/mol. The van der Waals surface area contributed by atoms with Crippen LogP contribution in [0.1, 0.15) is 42.5 Å². The predicted octanol–water partition coefficient (Wildman–Crippen LogP) is 3.02. The molecule has 1 aromatic rings. The number of carbonyl (C=O) groups excluding carboxylic acids is 2. The van der Waals surface area contributed by atoms with Gasteiger partial charge in [0.25, 0.3) is 0 Å². The molecule has 0 N–H and O–H groups in total. The molecule has 0 aliphatic heterocycles. The van der Waals surface area contributed by atoms with Gasteiger partial charge in [0, 0.05) is 5.56 Å². The van der Waals surface area contributed by atoms with Gasteiger partial charge in [-0.25, -0.2) is 0 Å². The molecule has 1 aromatic carbocycles. The minimum Gasteiger partial charge on any atom is -0.493 e. The van der Waals surface area contributed by atoms with Gasteiger partial charge in [0.05, 0.1) is 27.2 Å². The van der Waals surface area contributed by atoms with Crippen molar-refractivity contribution in [2.45, 2.75) is 32.1 Å². The molecule has 0 unspecified atom stereocenters. The molecule has 132 valence electrons. The van der Waals surface area contributed by atoms with Crippen molar-refractivity contribution in [1.29, 1.82) is 0 Å². The van der Waals surface area contributed by atoms with Crippen LogP contribution in [0.5, 0.6) is 17.2 Å². The van der Waals surface area contributed by atoms with Gasteiger partial charge < -0.3 is 18.9 Å². The number of hydrogen-bond acceptors (Lipinski definition) is 6. The fourth-order valence-electron chi connectivity index (χ4n) is 2.92. The molecule has 0 heterocycles. The molecule has 0 aromatic heterocycles. The molecular formula is C18H24O6. The summed E-state index contributed by atoms with van der Waals surface area (Å²) >= 11 is 0. The number of hydrogen-bond donors (Lipinski definition) is 0. The molecule has 0 saturated heterocycles. The number of rotatable bonds is 7. The second-order valence-corrected chi connectivity index (χ2v) is 5.78. The van der Waals surface area contributed by atoms with Crippen LogP contribution in [-0.4, -0.2) is 39.7 Å². The smallest absolute Gasteiger partial charge is 0.309 e. The number of ketones is 1. The Kier molecular flexibility index (Phi) is 6.46. The van der Waals surface area contributed by atoms with Crippen molar-refractivity contribution >= 4 is 11.8 Å². The fraction of sp³-hybridized carbons (Fsp3) is 0.556.